The van der Waals surface area contributed by atoms with Gasteiger partial charge in [-0.15, -0.1) is 0 Å². The summed E-state index contributed by atoms with van der Waals surface area (Å²) in [6, 6.07) is 9.71. The summed E-state index contributed by atoms with van der Waals surface area (Å²) in [6.07, 6.45) is 3.68. The van der Waals surface area contributed by atoms with Gasteiger partial charge in [-0.05, 0) is 30.3 Å². The Morgan fingerprint density at radius 1 is 1.12 bits per heavy atom. The van der Waals surface area contributed by atoms with Crippen molar-refractivity contribution in [2.24, 2.45) is 7.05 Å². The molecular weight excluding hydrogens is 318 g/mol. The third-order valence-electron chi connectivity index (χ3n) is 4.16. The monoisotopic (exact) mass is 333 g/mol. The highest BCUT2D eigenvalue weighted by Gasteiger charge is 2.19. The molecule has 1 aliphatic heterocycles. The van der Waals surface area contributed by atoms with E-state index in [0.29, 0.717) is 18.9 Å². The molecule has 25 heavy (non-hydrogen) atoms. The van der Waals surface area contributed by atoms with E-state index in [1.54, 1.807) is 10.9 Å². The first-order valence-corrected chi connectivity index (χ1v) is 8.03. The zero-order valence-corrected chi connectivity index (χ0v) is 13.6. The van der Waals surface area contributed by atoms with E-state index in [2.05, 4.69) is 20.1 Å². The molecule has 4 aromatic rings. The van der Waals surface area contributed by atoms with Crippen molar-refractivity contribution in [1.82, 2.24) is 24.7 Å². The molecule has 0 unspecified atom stereocenters. The van der Waals surface area contributed by atoms with E-state index < -0.39 is 0 Å². The van der Waals surface area contributed by atoms with Gasteiger partial charge in [0.05, 0.1) is 11.1 Å². The number of hydrogen-bond acceptors (Lipinski definition) is 5. The van der Waals surface area contributed by atoms with Gasteiger partial charge in [0.2, 0.25) is 0 Å². The smallest absolute Gasteiger partial charge is 0.178 e. The van der Waals surface area contributed by atoms with Crippen LogP contribution in [0.5, 0.6) is 11.5 Å². The number of aromatic nitrogens is 5. The normalized spacial score (nSPS) is 13.3. The molecule has 1 N–H and O–H groups in total. The van der Waals surface area contributed by atoms with Gasteiger partial charge in [-0.2, -0.15) is 5.10 Å². The Hall–Kier alpha value is -3.35. The van der Waals surface area contributed by atoms with Gasteiger partial charge in [0.1, 0.15) is 24.7 Å². The molecule has 1 aromatic carbocycles. The van der Waals surface area contributed by atoms with E-state index in [1.807, 2.05) is 43.6 Å². The summed E-state index contributed by atoms with van der Waals surface area (Å²) in [5.41, 5.74) is 4.29. The number of ether oxygens (including phenoxy) is 2. The lowest BCUT2D eigenvalue weighted by molar-refractivity contribution is 0.171. The highest BCUT2D eigenvalue weighted by atomic mass is 16.6. The van der Waals surface area contributed by atoms with E-state index in [0.717, 1.165) is 39.7 Å². The molecule has 0 aliphatic carbocycles. The molecule has 124 valence electrons. The number of H-pyrrole nitrogens is 1. The number of aryl methyl sites for hydroxylation is 1. The summed E-state index contributed by atoms with van der Waals surface area (Å²) >= 11 is 0. The minimum atomic E-state index is 0.556. The van der Waals surface area contributed by atoms with Crippen LogP contribution < -0.4 is 9.47 Å². The quantitative estimate of drug-likeness (QED) is 0.610. The van der Waals surface area contributed by atoms with E-state index in [1.165, 1.54) is 0 Å². The second-order valence-electron chi connectivity index (χ2n) is 5.88. The van der Waals surface area contributed by atoms with Gasteiger partial charge >= 0.3 is 0 Å². The van der Waals surface area contributed by atoms with Crippen molar-refractivity contribution < 1.29 is 9.47 Å². The van der Waals surface area contributed by atoms with E-state index >= 15 is 0 Å². The van der Waals surface area contributed by atoms with Crippen LogP contribution in [0.2, 0.25) is 0 Å². The molecule has 0 spiro atoms. The SMILES string of the molecule is Cn1cc(-c2nc3ncccc3[nH]2)c(-c2ccc3c(c2)OCCO3)n1. The molecule has 7 heteroatoms. The number of nitrogens with one attached hydrogen (secondary N) is 1. The fourth-order valence-electron chi connectivity index (χ4n) is 3.04. The fourth-order valence-corrected chi connectivity index (χ4v) is 3.04. The lowest BCUT2D eigenvalue weighted by Crippen LogP contribution is -2.15. The van der Waals surface area contributed by atoms with Crippen LogP contribution in [0, 0.1) is 0 Å². The molecule has 0 bridgehead atoms. The molecule has 0 saturated heterocycles. The molecule has 1 aliphatic rings. The number of aromatic amines is 1. The average molecular weight is 333 g/mol. The number of fused-ring (bicyclic) bond motifs is 2. The van der Waals surface area contributed by atoms with E-state index in [-0.39, 0.29) is 0 Å². The van der Waals surface area contributed by atoms with Gasteiger partial charge < -0.3 is 14.5 Å². The largest absolute Gasteiger partial charge is 0.486 e. The van der Waals surface area contributed by atoms with Crippen molar-refractivity contribution >= 4 is 11.2 Å². The van der Waals surface area contributed by atoms with Crippen LogP contribution in [0.4, 0.5) is 0 Å². The predicted molar refractivity (Wildman–Crippen MR) is 92.5 cm³/mol. The molecular formula is C18H15N5O2. The molecule has 0 fully saturated rings. The first kappa shape index (κ1) is 14.0. The lowest BCUT2D eigenvalue weighted by Gasteiger charge is -2.18. The lowest BCUT2D eigenvalue weighted by atomic mass is 10.1. The molecule has 3 aromatic heterocycles. The summed E-state index contributed by atoms with van der Waals surface area (Å²) in [5, 5.41) is 4.62. The fraction of sp³-hybridized carbons (Fsp3) is 0.167. The van der Waals surface area contributed by atoms with Crippen molar-refractivity contribution in [3.8, 4) is 34.1 Å². The first-order valence-electron chi connectivity index (χ1n) is 8.03. The summed E-state index contributed by atoms with van der Waals surface area (Å²) in [5.74, 6) is 2.25. The Kier molecular flexibility index (Phi) is 3.00. The maximum Gasteiger partial charge on any atom is 0.178 e. The molecule has 0 atom stereocenters. The highest BCUT2D eigenvalue weighted by Crippen LogP contribution is 2.37. The summed E-state index contributed by atoms with van der Waals surface area (Å²) in [7, 11) is 1.89. The molecule has 4 heterocycles. The number of nitrogens with zero attached hydrogens (tertiary/aromatic N) is 4. The van der Waals surface area contributed by atoms with Gasteiger partial charge in [0.25, 0.3) is 0 Å². The second kappa shape index (κ2) is 5.34. The minimum absolute atomic E-state index is 0.556. The Morgan fingerprint density at radius 3 is 2.88 bits per heavy atom. The predicted octanol–water partition coefficient (Wildman–Crippen LogP) is 2.80. The van der Waals surface area contributed by atoms with Gasteiger partial charge in [0.15, 0.2) is 17.1 Å². The Morgan fingerprint density at radius 2 is 2.00 bits per heavy atom. The Labute approximate surface area is 143 Å². The van der Waals surface area contributed by atoms with Crippen molar-refractivity contribution in [1.29, 1.82) is 0 Å². The van der Waals surface area contributed by atoms with Crippen molar-refractivity contribution in [3.05, 3.63) is 42.7 Å². The van der Waals surface area contributed by atoms with Crippen LogP contribution in [0.3, 0.4) is 0 Å². The third-order valence-corrected chi connectivity index (χ3v) is 4.16. The molecule has 0 saturated carbocycles. The van der Waals surface area contributed by atoms with Gasteiger partial charge in [0, 0.05) is 25.0 Å². The molecule has 7 nitrogen and oxygen atoms in total. The molecule has 0 radical (unpaired) electrons. The third kappa shape index (κ3) is 2.32. The summed E-state index contributed by atoms with van der Waals surface area (Å²) in [6.45, 7) is 1.13. The van der Waals surface area contributed by atoms with Crippen LogP contribution in [-0.4, -0.2) is 37.9 Å². The molecule has 0 amide bonds. The number of hydrogen-bond donors (Lipinski definition) is 1. The average Bonchev–Trinajstić information content (AvgIpc) is 3.24. The maximum absolute atomic E-state index is 5.69. The van der Waals surface area contributed by atoms with Crippen molar-refractivity contribution in [3.63, 3.8) is 0 Å². The standard InChI is InChI=1S/C18H15N5O2/c1-23-10-12(17-20-13-3-2-6-19-18(13)21-17)16(22-23)11-4-5-14-15(9-11)25-8-7-24-14/h2-6,9-10H,7-8H2,1H3,(H,19,20,21). The van der Waals surface area contributed by atoms with Crippen LogP contribution in [-0.2, 0) is 7.05 Å². The van der Waals surface area contributed by atoms with Crippen LogP contribution in [0.15, 0.2) is 42.7 Å². The summed E-state index contributed by atoms with van der Waals surface area (Å²) in [4.78, 5) is 12.2. The van der Waals surface area contributed by atoms with E-state index in [9.17, 15) is 0 Å². The minimum Gasteiger partial charge on any atom is -0.486 e. The Balaban J connectivity index is 1.65. The van der Waals surface area contributed by atoms with Crippen molar-refractivity contribution in [2.45, 2.75) is 0 Å². The number of benzene rings is 1. The van der Waals surface area contributed by atoms with Crippen LogP contribution >= 0.6 is 0 Å². The zero-order valence-electron chi connectivity index (χ0n) is 13.6. The van der Waals surface area contributed by atoms with E-state index in [4.69, 9.17) is 9.47 Å². The van der Waals surface area contributed by atoms with Gasteiger partial charge in [-0.25, -0.2) is 9.97 Å². The summed E-state index contributed by atoms with van der Waals surface area (Å²) < 4.78 is 13.1. The topological polar surface area (TPSA) is 77.9 Å². The van der Waals surface area contributed by atoms with Gasteiger partial charge in [-0.1, -0.05) is 0 Å². The molecule has 5 rings (SSSR count). The van der Waals surface area contributed by atoms with Crippen LogP contribution in [0.1, 0.15) is 0 Å². The number of imidazole rings is 1. The maximum atomic E-state index is 5.69. The number of rotatable bonds is 2. The highest BCUT2D eigenvalue weighted by molar-refractivity contribution is 5.82. The van der Waals surface area contributed by atoms with Gasteiger partial charge in [-0.3, -0.25) is 4.68 Å². The van der Waals surface area contributed by atoms with Crippen molar-refractivity contribution in [2.75, 3.05) is 13.2 Å². The second-order valence-corrected chi connectivity index (χ2v) is 5.88. The number of pyridine rings is 1. The Bertz CT molecular complexity index is 1050. The first-order chi connectivity index (χ1) is 12.3. The zero-order chi connectivity index (χ0) is 16.8. The van der Waals surface area contributed by atoms with Crippen LogP contribution in [0.25, 0.3) is 33.8 Å².